The number of hydrogen-bond donors (Lipinski definition) is 1. The highest BCUT2D eigenvalue weighted by molar-refractivity contribution is 5.23. The van der Waals surface area contributed by atoms with Gasteiger partial charge in [0.05, 0.1) is 6.26 Å². The molecule has 0 bridgehead atoms. The second-order valence-electron chi connectivity index (χ2n) is 2.11. The minimum atomic E-state index is 0.201. The van der Waals surface area contributed by atoms with Gasteiger partial charge in [-0.2, -0.15) is 0 Å². The Labute approximate surface area is 65.8 Å². The molecule has 1 heterocycles. The smallest absolute Gasteiger partial charge is 0.176 e. The zero-order chi connectivity index (χ0) is 7.94. The zero-order valence-corrected chi connectivity index (χ0v) is 6.21. The van der Waals surface area contributed by atoms with E-state index in [9.17, 15) is 0 Å². The summed E-state index contributed by atoms with van der Waals surface area (Å²) in [4.78, 5) is 0. The standard InChI is InChI=1S/C9H10O2/c10-7-3-1-2-5-9-6-4-8-11-9/h4,6,8,10H,1,3,7H2. The van der Waals surface area contributed by atoms with Crippen molar-refractivity contribution in [3.63, 3.8) is 0 Å². The number of hydrogen-bond acceptors (Lipinski definition) is 2. The lowest BCUT2D eigenvalue weighted by molar-refractivity contribution is 0.290. The van der Waals surface area contributed by atoms with Crippen LogP contribution in [0.5, 0.6) is 0 Å². The summed E-state index contributed by atoms with van der Waals surface area (Å²) in [5, 5.41) is 8.43. The van der Waals surface area contributed by atoms with E-state index in [1.165, 1.54) is 0 Å². The summed E-state index contributed by atoms with van der Waals surface area (Å²) in [6, 6.07) is 3.61. The van der Waals surface area contributed by atoms with Gasteiger partial charge in [0.1, 0.15) is 0 Å². The number of aliphatic hydroxyl groups is 1. The minimum Gasteiger partial charge on any atom is -0.456 e. The molecule has 0 saturated carbocycles. The molecule has 0 saturated heterocycles. The summed E-state index contributed by atoms with van der Waals surface area (Å²) in [5.41, 5.74) is 0. The summed E-state index contributed by atoms with van der Waals surface area (Å²) in [7, 11) is 0. The van der Waals surface area contributed by atoms with Crippen LogP contribution in [0.25, 0.3) is 0 Å². The lowest BCUT2D eigenvalue weighted by atomic mass is 10.3. The molecule has 1 aromatic heterocycles. The van der Waals surface area contributed by atoms with Crippen LogP contribution in [0.4, 0.5) is 0 Å². The number of furan rings is 1. The molecule has 0 amide bonds. The maximum absolute atomic E-state index is 8.43. The van der Waals surface area contributed by atoms with Crippen LogP contribution in [0.2, 0.25) is 0 Å². The van der Waals surface area contributed by atoms with Crippen molar-refractivity contribution < 1.29 is 9.52 Å². The van der Waals surface area contributed by atoms with Gasteiger partial charge < -0.3 is 9.52 Å². The van der Waals surface area contributed by atoms with Gasteiger partial charge in [-0.25, -0.2) is 0 Å². The summed E-state index contributed by atoms with van der Waals surface area (Å²) < 4.78 is 4.98. The van der Waals surface area contributed by atoms with Gasteiger partial charge in [0.15, 0.2) is 5.76 Å². The van der Waals surface area contributed by atoms with Crippen LogP contribution in [0, 0.1) is 11.8 Å². The summed E-state index contributed by atoms with van der Waals surface area (Å²) in [6.07, 6.45) is 3.04. The summed E-state index contributed by atoms with van der Waals surface area (Å²) in [6.45, 7) is 0.201. The van der Waals surface area contributed by atoms with Gasteiger partial charge >= 0.3 is 0 Å². The van der Waals surface area contributed by atoms with Crippen LogP contribution in [0.1, 0.15) is 18.6 Å². The molecule has 2 heteroatoms. The van der Waals surface area contributed by atoms with E-state index in [4.69, 9.17) is 9.52 Å². The Bertz CT molecular complexity index is 238. The Morgan fingerprint density at radius 3 is 3.09 bits per heavy atom. The van der Waals surface area contributed by atoms with E-state index >= 15 is 0 Å². The van der Waals surface area contributed by atoms with Gasteiger partial charge in [0.25, 0.3) is 0 Å². The van der Waals surface area contributed by atoms with E-state index in [-0.39, 0.29) is 6.61 Å². The molecule has 58 valence electrons. The Hall–Kier alpha value is -1.20. The van der Waals surface area contributed by atoms with Crippen LogP contribution in [-0.2, 0) is 0 Å². The minimum absolute atomic E-state index is 0.201. The molecule has 1 N–H and O–H groups in total. The lowest BCUT2D eigenvalue weighted by Crippen LogP contribution is -1.78. The Balaban J connectivity index is 2.33. The zero-order valence-electron chi connectivity index (χ0n) is 6.21. The average Bonchev–Trinajstić information content (AvgIpc) is 2.50. The fraction of sp³-hybridized carbons (Fsp3) is 0.333. The lowest BCUT2D eigenvalue weighted by Gasteiger charge is -1.82. The van der Waals surface area contributed by atoms with E-state index in [2.05, 4.69) is 11.8 Å². The second kappa shape index (κ2) is 4.59. The maximum Gasteiger partial charge on any atom is 0.176 e. The first-order chi connectivity index (χ1) is 5.43. The summed E-state index contributed by atoms with van der Waals surface area (Å²) >= 11 is 0. The van der Waals surface area contributed by atoms with Crippen molar-refractivity contribution in [3.8, 4) is 11.8 Å². The molecule has 11 heavy (non-hydrogen) atoms. The van der Waals surface area contributed by atoms with Crippen molar-refractivity contribution in [3.05, 3.63) is 24.2 Å². The van der Waals surface area contributed by atoms with Crippen LogP contribution in [0.15, 0.2) is 22.8 Å². The molecular formula is C9H10O2. The average molecular weight is 150 g/mol. The Kier molecular flexibility index (Phi) is 3.30. The maximum atomic E-state index is 8.43. The molecule has 0 aliphatic carbocycles. The highest BCUT2D eigenvalue weighted by atomic mass is 16.3. The predicted molar refractivity (Wildman–Crippen MR) is 41.9 cm³/mol. The normalized spacial score (nSPS) is 8.82. The fourth-order valence-corrected chi connectivity index (χ4v) is 0.667. The molecule has 1 rings (SSSR count). The van der Waals surface area contributed by atoms with Crippen molar-refractivity contribution in [2.45, 2.75) is 12.8 Å². The van der Waals surface area contributed by atoms with Gasteiger partial charge in [-0.3, -0.25) is 0 Å². The molecule has 2 nitrogen and oxygen atoms in total. The van der Waals surface area contributed by atoms with Crippen LogP contribution >= 0.6 is 0 Å². The molecule has 0 aliphatic heterocycles. The van der Waals surface area contributed by atoms with Crippen LogP contribution < -0.4 is 0 Å². The van der Waals surface area contributed by atoms with Gasteiger partial charge in [0.2, 0.25) is 0 Å². The van der Waals surface area contributed by atoms with Crippen molar-refractivity contribution in [1.29, 1.82) is 0 Å². The molecule has 0 fully saturated rings. The number of aliphatic hydroxyl groups excluding tert-OH is 1. The SMILES string of the molecule is OCCCC#Cc1ccco1. The van der Waals surface area contributed by atoms with Crippen LogP contribution in [-0.4, -0.2) is 11.7 Å². The van der Waals surface area contributed by atoms with Gasteiger partial charge in [-0.05, 0) is 24.5 Å². The molecule has 0 aromatic carbocycles. The number of unbranched alkanes of at least 4 members (excludes halogenated alkanes) is 1. The molecule has 0 aliphatic rings. The summed E-state index contributed by atoms with van der Waals surface area (Å²) in [5.74, 6) is 6.40. The van der Waals surface area contributed by atoms with Gasteiger partial charge in [0, 0.05) is 13.0 Å². The Morgan fingerprint density at radius 1 is 1.55 bits per heavy atom. The topological polar surface area (TPSA) is 33.4 Å². The highest BCUT2D eigenvalue weighted by Crippen LogP contribution is 1.96. The van der Waals surface area contributed by atoms with Gasteiger partial charge in [-0.1, -0.05) is 5.92 Å². The second-order valence-corrected chi connectivity index (χ2v) is 2.11. The first kappa shape index (κ1) is 7.90. The molecule has 0 unspecified atom stereocenters. The van der Waals surface area contributed by atoms with Gasteiger partial charge in [-0.15, -0.1) is 0 Å². The highest BCUT2D eigenvalue weighted by Gasteiger charge is 1.84. The molecule has 1 aromatic rings. The van der Waals surface area contributed by atoms with E-state index in [0.29, 0.717) is 5.76 Å². The van der Waals surface area contributed by atoms with Crippen molar-refractivity contribution in [2.75, 3.05) is 6.61 Å². The quantitative estimate of drug-likeness (QED) is 0.510. The van der Waals surface area contributed by atoms with E-state index in [1.807, 2.05) is 6.07 Å². The molecule has 0 radical (unpaired) electrons. The number of rotatable bonds is 2. The third kappa shape index (κ3) is 2.92. The van der Waals surface area contributed by atoms with Crippen molar-refractivity contribution in [2.24, 2.45) is 0 Å². The first-order valence-corrected chi connectivity index (χ1v) is 3.56. The Morgan fingerprint density at radius 2 is 2.45 bits per heavy atom. The largest absolute Gasteiger partial charge is 0.456 e. The molecule has 0 spiro atoms. The third-order valence-corrected chi connectivity index (χ3v) is 1.19. The molecular weight excluding hydrogens is 140 g/mol. The van der Waals surface area contributed by atoms with Crippen LogP contribution in [0.3, 0.4) is 0 Å². The van der Waals surface area contributed by atoms with E-state index in [1.54, 1.807) is 12.3 Å². The fourth-order valence-electron chi connectivity index (χ4n) is 0.667. The van der Waals surface area contributed by atoms with E-state index in [0.717, 1.165) is 12.8 Å². The predicted octanol–water partition coefficient (Wildman–Crippen LogP) is 1.40. The van der Waals surface area contributed by atoms with E-state index < -0.39 is 0 Å². The first-order valence-electron chi connectivity index (χ1n) is 3.56. The monoisotopic (exact) mass is 150 g/mol. The third-order valence-electron chi connectivity index (χ3n) is 1.19. The van der Waals surface area contributed by atoms with Crippen molar-refractivity contribution >= 4 is 0 Å². The molecule has 0 atom stereocenters. The van der Waals surface area contributed by atoms with Crippen molar-refractivity contribution in [1.82, 2.24) is 0 Å².